The first-order chi connectivity index (χ1) is 7.99. The third-order valence-corrected chi connectivity index (χ3v) is 3.54. The molecule has 0 spiro atoms. The van der Waals surface area contributed by atoms with Crippen LogP contribution in [0.25, 0.3) is 0 Å². The third-order valence-electron chi connectivity index (χ3n) is 1.91. The zero-order valence-electron chi connectivity index (χ0n) is 9.14. The average Bonchev–Trinajstić information content (AvgIpc) is 2.25. The van der Waals surface area contributed by atoms with Crippen LogP contribution in [0.15, 0.2) is 33.6 Å². The van der Waals surface area contributed by atoms with Crippen LogP contribution in [0.3, 0.4) is 0 Å². The van der Waals surface area contributed by atoms with E-state index in [4.69, 9.17) is 5.11 Å². The van der Waals surface area contributed by atoms with Gasteiger partial charge in [-0.1, -0.05) is 15.9 Å². The van der Waals surface area contributed by atoms with Gasteiger partial charge in [0, 0.05) is 22.0 Å². The Morgan fingerprint density at radius 3 is 2.47 bits per heavy atom. The molecular weight excluding hydrogens is 306 g/mol. The highest BCUT2D eigenvalue weighted by molar-refractivity contribution is 9.10. The second-order valence-corrected chi connectivity index (χ2v) is 5.37. The molecule has 1 atom stereocenters. The molecule has 0 aliphatic rings. The fraction of sp³-hybridized carbons (Fsp3) is 0.273. The molecule has 0 heterocycles. The molecule has 0 saturated carbocycles. The number of benzene rings is 1. The summed E-state index contributed by atoms with van der Waals surface area (Å²) in [5.74, 6) is -1.06. The topological polar surface area (TPSA) is 66.4 Å². The maximum atomic E-state index is 10.9. The number of hydrogen-bond donors (Lipinski definition) is 2. The van der Waals surface area contributed by atoms with Crippen molar-refractivity contribution >= 4 is 39.6 Å². The van der Waals surface area contributed by atoms with Crippen LogP contribution >= 0.6 is 27.7 Å². The van der Waals surface area contributed by atoms with E-state index < -0.39 is 12.0 Å². The smallest absolute Gasteiger partial charge is 0.327 e. The van der Waals surface area contributed by atoms with Crippen LogP contribution < -0.4 is 5.32 Å². The van der Waals surface area contributed by atoms with Gasteiger partial charge in [0.2, 0.25) is 5.91 Å². The summed E-state index contributed by atoms with van der Waals surface area (Å²) < 4.78 is 0.971. The van der Waals surface area contributed by atoms with Gasteiger partial charge in [-0.15, -0.1) is 11.8 Å². The number of halogens is 1. The predicted molar refractivity (Wildman–Crippen MR) is 70.1 cm³/mol. The van der Waals surface area contributed by atoms with E-state index in [1.807, 2.05) is 24.3 Å². The lowest BCUT2D eigenvalue weighted by atomic mass is 10.3. The van der Waals surface area contributed by atoms with Crippen molar-refractivity contribution in [3.05, 3.63) is 28.7 Å². The van der Waals surface area contributed by atoms with Gasteiger partial charge in [0.1, 0.15) is 6.04 Å². The molecule has 0 aliphatic carbocycles. The molecular formula is C11H12BrNO3S. The Morgan fingerprint density at radius 1 is 1.41 bits per heavy atom. The lowest BCUT2D eigenvalue weighted by Crippen LogP contribution is -2.41. The van der Waals surface area contributed by atoms with E-state index in [0.29, 0.717) is 5.75 Å². The molecule has 0 saturated heterocycles. The lowest BCUT2D eigenvalue weighted by Gasteiger charge is -2.12. The Hall–Kier alpha value is -1.01. The number of hydrogen-bond acceptors (Lipinski definition) is 3. The largest absolute Gasteiger partial charge is 0.480 e. The second kappa shape index (κ2) is 6.66. The molecule has 2 N–H and O–H groups in total. The van der Waals surface area contributed by atoms with Gasteiger partial charge in [0.15, 0.2) is 0 Å². The minimum absolute atomic E-state index is 0.302. The first-order valence-electron chi connectivity index (χ1n) is 4.87. The van der Waals surface area contributed by atoms with Crippen molar-refractivity contribution in [1.29, 1.82) is 0 Å². The summed E-state index contributed by atoms with van der Waals surface area (Å²) in [7, 11) is 0. The summed E-state index contributed by atoms with van der Waals surface area (Å²) in [6, 6.07) is 6.69. The number of amides is 1. The summed E-state index contributed by atoms with van der Waals surface area (Å²) in [5.41, 5.74) is 0. The van der Waals surface area contributed by atoms with Crippen LogP contribution in [0.4, 0.5) is 0 Å². The standard InChI is InChI=1S/C11H12BrNO3S/c1-7(14)13-10(11(15)16)6-17-9-4-2-8(12)3-5-9/h2-5,10H,6H2,1H3,(H,13,14)(H,15,16)/t10-/m1/s1. The molecule has 1 rings (SSSR count). The van der Waals surface area contributed by atoms with Crippen LogP contribution in [-0.4, -0.2) is 28.8 Å². The van der Waals surface area contributed by atoms with Gasteiger partial charge < -0.3 is 10.4 Å². The second-order valence-electron chi connectivity index (χ2n) is 3.36. The highest BCUT2D eigenvalue weighted by Crippen LogP contribution is 2.21. The minimum Gasteiger partial charge on any atom is -0.480 e. The Bertz CT molecular complexity index is 408. The molecule has 0 aliphatic heterocycles. The number of thioether (sulfide) groups is 1. The predicted octanol–water partition coefficient (Wildman–Crippen LogP) is 2.13. The van der Waals surface area contributed by atoms with Crippen molar-refractivity contribution in [2.45, 2.75) is 17.9 Å². The van der Waals surface area contributed by atoms with Gasteiger partial charge in [-0.25, -0.2) is 4.79 Å². The van der Waals surface area contributed by atoms with E-state index in [9.17, 15) is 9.59 Å². The highest BCUT2D eigenvalue weighted by atomic mass is 79.9. The molecule has 1 aromatic carbocycles. The first kappa shape index (κ1) is 14.1. The number of aliphatic carboxylic acids is 1. The molecule has 1 aromatic rings. The van der Waals surface area contributed by atoms with E-state index in [0.717, 1.165) is 9.37 Å². The Labute approximate surface area is 112 Å². The summed E-state index contributed by atoms with van der Waals surface area (Å²) in [6.45, 7) is 1.31. The number of carbonyl (C=O) groups is 2. The van der Waals surface area contributed by atoms with Crippen molar-refractivity contribution in [2.24, 2.45) is 0 Å². The van der Waals surface area contributed by atoms with Gasteiger partial charge in [-0.2, -0.15) is 0 Å². The van der Waals surface area contributed by atoms with Gasteiger partial charge in [-0.3, -0.25) is 4.79 Å². The van der Waals surface area contributed by atoms with Gasteiger partial charge in [0.05, 0.1) is 0 Å². The fourth-order valence-corrected chi connectivity index (χ4v) is 2.31. The molecule has 92 valence electrons. The summed E-state index contributed by atoms with van der Waals surface area (Å²) in [4.78, 5) is 22.7. The minimum atomic E-state index is -1.02. The highest BCUT2D eigenvalue weighted by Gasteiger charge is 2.18. The van der Waals surface area contributed by atoms with Gasteiger partial charge in [0.25, 0.3) is 0 Å². The molecule has 0 fully saturated rings. The van der Waals surface area contributed by atoms with E-state index in [2.05, 4.69) is 21.2 Å². The van der Waals surface area contributed by atoms with E-state index >= 15 is 0 Å². The summed E-state index contributed by atoms with van der Waals surface area (Å²) in [6.07, 6.45) is 0. The number of nitrogens with one attached hydrogen (secondary N) is 1. The van der Waals surface area contributed by atoms with Gasteiger partial charge in [-0.05, 0) is 24.3 Å². The molecule has 0 radical (unpaired) electrons. The van der Waals surface area contributed by atoms with E-state index in [-0.39, 0.29) is 5.91 Å². The number of carbonyl (C=O) groups excluding carboxylic acids is 1. The first-order valence-corrected chi connectivity index (χ1v) is 6.65. The molecule has 1 amide bonds. The van der Waals surface area contributed by atoms with Crippen molar-refractivity contribution < 1.29 is 14.7 Å². The van der Waals surface area contributed by atoms with Gasteiger partial charge >= 0.3 is 5.97 Å². The molecule has 6 heteroatoms. The molecule has 17 heavy (non-hydrogen) atoms. The van der Waals surface area contributed by atoms with Crippen molar-refractivity contribution in [1.82, 2.24) is 5.32 Å². The van der Waals surface area contributed by atoms with E-state index in [1.54, 1.807) is 0 Å². The Morgan fingerprint density at radius 2 is 2.00 bits per heavy atom. The molecule has 4 nitrogen and oxygen atoms in total. The Balaban J connectivity index is 2.54. The van der Waals surface area contributed by atoms with E-state index in [1.165, 1.54) is 18.7 Å². The maximum Gasteiger partial charge on any atom is 0.327 e. The quantitative estimate of drug-likeness (QED) is 0.816. The zero-order chi connectivity index (χ0) is 12.8. The van der Waals surface area contributed by atoms with Crippen LogP contribution in [0.2, 0.25) is 0 Å². The Kier molecular flexibility index (Phi) is 5.50. The monoisotopic (exact) mass is 317 g/mol. The molecule has 0 bridgehead atoms. The van der Waals surface area contributed by atoms with Crippen LogP contribution in [0.5, 0.6) is 0 Å². The normalized spacial score (nSPS) is 11.9. The average molecular weight is 318 g/mol. The SMILES string of the molecule is CC(=O)N[C@H](CSc1ccc(Br)cc1)C(=O)O. The maximum absolute atomic E-state index is 10.9. The number of carboxylic acids is 1. The van der Waals surface area contributed by atoms with Crippen molar-refractivity contribution in [2.75, 3.05) is 5.75 Å². The van der Waals surface area contributed by atoms with Crippen LogP contribution in [0, 0.1) is 0 Å². The zero-order valence-corrected chi connectivity index (χ0v) is 11.5. The third kappa shape index (κ3) is 5.23. The molecule has 0 unspecified atom stereocenters. The van der Waals surface area contributed by atoms with Crippen molar-refractivity contribution in [3.63, 3.8) is 0 Å². The number of carboxylic acid groups (broad SMARTS) is 1. The van der Waals surface area contributed by atoms with Crippen molar-refractivity contribution in [3.8, 4) is 0 Å². The lowest BCUT2D eigenvalue weighted by molar-refractivity contribution is -0.140. The number of rotatable bonds is 5. The fourth-order valence-electron chi connectivity index (χ4n) is 1.13. The summed E-state index contributed by atoms with van der Waals surface area (Å²) >= 11 is 4.71. The summed E-state index contributed by atoms with van der Waals surface area (Å²) in [5, 5.41) is 11.3. The van der Waals surface area contributed by atoms with Crippen LogP contribution in [0.1, 0.15) is 6.92 Å². The van der Waals surface area contributed by atoms with Crippen LogP contribution in [-0.2, 0) is 9.59 Å². The molecule has 0 aromatic heterocycles.